The Morgan fingerprint density at radius 3 is 1.82 bits per heavy atom. The topological polar surface area (TPSA) is 53.6 Å². The van der Waals surface area contributed by atoms with Crippen molar-refractivity contribution < 1.29 is 4.39 Å². The summed E-state index contributed by atoms with van der Waals surface area (Å²) in [5.74, 6) is 0.304. The lowest BCUT2D eigenvalue weighted by Gasteiger charge is -2.37. The van der Waals surface area contributed by atoms with E-state index in [0.717, 1.165) is 33.2 Å². The number of nitrogens with zero attached hydrogens (tertiary/aromatic N) is 3. The van der Waals surface area contributed by atoms with E-state index in [1.54, 1.807) is 0 Å². The molecule has 0 bridgehead atoms. The van der Waals surface area contributed by atoms with Crippen LogP contribution in [0.25, 0.3) is 22.0 Å². The summed E-state index contributed by atoms with van der Waals surface area (Å²) in [4.78, 5) is 0. The molecule has 0 aliphatic carbocycles. The molecular weight excluding hydrogens is 483 g/mol. The van der Waals surface area contributed by atoms with Crippen LogP contribution < -0.4 is 5.32 Å². The Morgan fingerprint density at radius 2 is 1.31 bits per heavy atom. The standard InChI is InChI=1S/C34H25FN4/c1-37-33-31-21-24(30-22-29(35)19-17-25(30)23-36)18-20-32(31)39(38-33)34(26-11-5-2-6-12-26,27-13-7-3-8-14-27)28-15-9-4-10-16-28/h2-22H,1H3,(H,37,38). The number of nitrogens with one attached hydrogen (secondary N) is 1. The van der Waals surface area contributed by atoms with Gasteiger partial charge in [-0.25, -0.2) is 9.07 Å². The molecule has 5 aromatic carbocycles. The van der Waals surface area contributed by atoms with Crippen LogP contribution in [0.1, 0.15) is 22.3 Å². The lowest BCUT2D eigenvalue weighted by Crippen LogP contribution is -2.38. The van der Waals surface area contributed by atoms with Gasteiger partial charge < -0.3 is 5.32 Å². The van der Waals surface area contributed by atoms with Crippen LogP contribution in [0.4, 0.5) is 10.2 Å². The first-order valence-corrected chi connectivity index (χ1v) is 12.7. The minimum Gasteiger partial charge on any atom is -0.371 e. The van der Waals surface area contributed by atoms with Gasteiger partial charge in [0.25, 0.3) is 0 Å². The van der Waals surface area contributed by atoms with Crippen LogP contribution in [0.5, 0.6) is 0 Å². The van der Waals surface area contributed by atoms with E-state index in [0.29, 0.717) is 16.9 Å². The van der Waals surface area contributed by atoms with Gasteiger partial charge in [0.05, 0.1) is 17.1 Å². The summed E-state index contributed by atoms with van der Waals surface area (Å²) in [5.41, 5.74) is 5.03. The molecule has 0 atom stereocenters. The van der Waals surface area contributed by atoms with Crippen LogP contribution in [0, 0.1) is 17.1 Å². The minimum absolute atomic E-state index is 0.384. The molecule has 0 unspecified atom stereocenters. The second-order valence-electron chi connectivity index (χ2n) is 9.35. The molecule has 0 amide bonds. The molecule has 1 N–H and O–H groups in total. The summed E-state index contributed by atoms with van der Waals surface area (Å²) in [6.45, 7) is 0. The van der Waals surface area contributed by atoms with Crippen molar-refractivity contribution in [2.45, 2.75) is 5.54 Å². The summed E-state index contributed by atoms with van der Waals surface area (Å²) in [5, 5.41) is 19.0. The van der Waals surface area contributed by atoms with Gasteiger partial charge in [0.1, 0.15) is 11.4 Å². The van der Waals surface area contributed by atoms with Gasteiger partial charge in [-0.2, -0.15) is 10.4 Å². The van der Waals surface area contributed by atoms with E-state index in [-0.39, 0.29) is 5.82 Å². The second kappa shape index (κ2) is 9.92. The van der Waals surface area contributed by atoms with Crippen molar-refractivity contribution in [3.8, 4) is 17.2 Å². The maximum atomic E-state index is 14.2. The van der Waals surface area contributed by atoms with Crippen molar-refractivity contribution in [1.29, 1.82) is 5.26 Å². The number of benzene rings is 5. The van der Waals surface area contributed by atoms with E-state index < -0.39 is 5.54 Å². The molecule has 0 spiro atoms. The Hall–Kier alpha value is -5.21. The van der Waals surface area contributed by atoms with E-state index >= 15 is 0 Å². The number of rotatable bonds is 6. The third-order valence-corrected chi connectivity index (χ3v) is 7.22. The molecule has 6 rings (SSSR count). The molecule has 1 heterocycles. The van der Waals surface area contributed by atoms with Crippen molar-refractivity contribution in [2.24, 2.45) is 0 Å². The molecule has 6 aromatic rings. The largest absolute Gasteiger partial charge is 0.371 e. The summed E-state index contributed by atoms with van der Waals surface area (Å²) in [6.07, 6.45) is 0. The quantitative estimate of drug-likeness (QED) is 0.236. The van der Waals surface area contributed by atoms with Gasteiger partial charge in [0.2, 0.25) is 0 Å². The van der Waals surface area contributed by atoms with Crippen molar-refractivity contribution in [2.75, 3.05) is 12.4 Å². The third kappa shape index (κ3) is 3.94. The second-order valence-corrected chi connectivity index (χ2v) is 9.35. The molecule has 39 heavy (non-hydrogen) atoms. The van der Waals surface area contributed by atoms with Gasteiger partial charge in [0.15, 0.2) is 5.82 Å². The van der Waals surface area contributed by atoms with E-state index in [1.807, 2.05) is 79.8 Å². The summed E-state index contributed by atoms with van der Waals surface area (Å²) in [6, 6.07) is 43.5. The average molecular weight is 509 g/mol. The van der Waals surface area contributed by atoms with Crippen LogP contribution in [0.15, 0.2) is 127 Å². The van der Waals surface area contributed by atoms with Crippen molar-refractivity contribution in [3.63, 3.8) is 0 Å². The number of hydrogen-bond donors (Lipinski definition) is 1. The Bertz CT molecular complexity index is 1710. The fourth-order valence-corrected chi connectivity index (χ4v) is 5.48. The number of fused-ring (bicyclic) bond motifs is 1. The van der Waals surface area contributed by atoms with Crippen LogP contribution in [-0.2, 0) is 5.54 Å². The van der Waals surface area contributed by atoms with Crippen molar-refractivity contribution in [3.05, 3.63) is 155 Å². The van der Waals surface area contributed by atoms with Gasteiger partial charge in [-0.3, -0.25) is 0 Å². The monoisotopic (exact) mass is 508 g/mol. The van der Waals surface area contributed by atoms with Gasteiger partial charge in [-0.15, -0.1) is 0 Å². The highest BCUT2D eigenvalue weighted by molar-refractivity contribution is 5.95. The fourth-order valence-electron chi connectivity index (χ4n) is 5.48. The summed E-state index contributed by atoms with van der Waals surface area (Å²) < 4.78 is 16.3. The number of hydrogen-bond acceptors (Lipinski definition) is 3. The lowest BCUT2D eigenvalue weighted by molar-refractivity contribution is 0.477. The Labute approximate surface area is 226 Å². The predicted molar refractivity (Wildman–Crippen MR) is 154 cm³/mol. The highest BCUT2D eigenvalue weighted by Crippen LogP contribution is 2.44. The maximum Gasteiger partial charge on any atom is 0.155 e. The molecule has 0 aliphatic rings. The first kappa shape index (κ1) is 24.1. The van der Waals surface area contributed by atoms with E-state index in [9.17, 15) is 9.65 Å². The fraction of sp³-hybridized carbons (Fsp3) is 0.0588. The van der Waals surface area contributed by atoms with Gasteiger partial charge in [0, 0.05) is 18.0 Å². The average Bonchev–Trinajstić information content (AvgIpc) is 3.37. The van der Waals surface area contributed by atoms with E-state index in [4.69, 9.17) is 5.10 Å². The zero-order valence-corrected chi connectivity index (χ0v) is 21.3. The number of nitriles is 1. The van der Waals surface area contributed by atoms with Gasteiger partial charge in [-0.1, -0.05) is 97.1 Å². The van der Waals surface area contributed by atoms with Crippen molar-refractivity contribution in [1.82, 2.24) is 9.78 Å². The number of anilines is 1. The molecule has 0 aliphatic heterocycles. The zero-order valence-electron chi connectivity index (χ0n) is 21.3. The molecule has 4 nitrogen and oxygen atoms in total. The van der Waals surface area contributed by atoms with Crippen LogP contribution >= 0.6 is 0 Å². The van der Waals surface area contributed by atoms with Crippen LogP contribution in [-0.4, -0.2) is 16.8 Å². The first-order chi connectivity index (χ1) is 19.2. The molecule has 0 saturated heterocycles. The Balaban J connectivity index is 1.71. The molecule has 0 saturated carbocycles. The van der Waals surface area contributed by atoms with Crippen LogP contribution in [0.3, 0.4) is 0 Å². The normalized spacial score (nSPS) is 11.3. The highest BCUT2D eigenvalue weighted by Gasteiger charge is 2.40. The van der Waals surface area contributed by atoms with Gasteiger partial charge in [-0.05, 0) is 52.6 Å². The molecule has 1 aromatic heterocycles. The number of halogens is 1. The first-order valence-electron chi connectivity index (χ1n) is 12.7. The summed E-state index contributed by atoms with van der Waals surface area (Å²) in [7, 11) is 1.84. The van der Waals surface area contributed by atoms with E-state index in [2.05, 4.69) is 52.5 Å². The number of aromatic nitrogens is 2. The highest BCUT2D eigenvalue weighted by atomic mass is 19.1. The Morgan fingerprint density at radius 1 is 0.744 bits per heavy atom. The smallest absolute Gasteiger partial charge is 0.155 e. The van der Waals surface area contributed by atoms with E-state index in [1.165, 1.54) is 18.2 Å². The molecule has 0 fully saturated rings. The van der Waals surface area contributed by atoms with Crippen LogP contribution in [0.2, 0.25) is 0 Å². The van der Waals surface area contributed by atoms with Gasteiger partial charge >= 0.3 is 0 Å². The predicted octanol–water partition coefficient (Wildman–Crippen LogP) is 7.60. The minimum atomic E-state index is -0.782. The SMILES string of the molecule is CNc1nn(C(c2ccccc2)(c2ccccc2)c2ccccc2)c2ccc(-c3cc(F)ccc3C#N)cc12. The third-order valence-electron chi connectivity index (χ3n) is 7.22. The molecule has 188 valence electrons. The van der Waals surface area contributed by atoms with Crippen molar-refractivity contribution >= 4 is 16.7 Å². The Kier molecular flexibility index (Phi) is 6.14. The molecule has 0 radical (unpaired) electrons. The zero-order chi connectivity index (χ0) is 26.8. The molecule has 5 heteroatoms. The summed E-state index contributed by atoms with van der Waals surface area (Å²) >= 11 is 0. The molecular formula is C34H25FN4. The lowest BCUT2D eigenvalue weighted by atomic mass is 9.77. The maximum absolute atomic E-state index is 14.2.